The molecule has 4 N–H and O–H groups in total. The lowest BCUT2D eigenvalue weighted by atomic mass is 9.90. The Morgan fingerprint density at radius 2 is 1.18 bits per heavy atom. The van der Waals surface area contributed by atoms with Gasteiger partial charge in [0, 0.05) is 12.1 Å². The third-order valence-electron chi connectivity index (χ3n) is 5.04. The van der Waals surface area contributed by atoms with Crippen LogP contribution in [0, 0.1) is 23.7 Å². The van der Waals surface area contributed by atoms with Crippen molar-refractivity contribution in [3.63, 3.8) is 0 Å². The molecule has 0 radical (unpaired) electrons. The highest BCUT2D eigenvalue weighted by atomic mass is 32.1. The molecule has 1 aliphatic rings. The first-order valence-corrected chi connectivity index (χ1v) is 12.9. The second-order valence-corrected chi connectivity index (χ2v) is 11.6. The summed E-state index contributed by atoms with van der Waals surface area (Å²) in [7, 11) is 0. The van der Waals surface area contributed by atoms with E-state index in [1.807, 2.05) is 0 Å². The Kier molecular flexibility index (Phi) is 8.22. The molecule has 0 saturated heterocycles. The Balaban J connectivity index is 1.63. The van der Waals surface area contributed by atoms with Crippen LogP contribution >= 0.6 is 22.7 Å². The Morgan fingerprint density at radius 3 is 1.53 bits per heavy atom. The number of hydrogen-bond acceptors (Lipinski definition) is 6. The second kappa shape index (κ2) is 10.8. The molecule has 1 fully saturated rings. The van der Waals surface area contributed by atoms with Gasteiger partial charge in [0.2, 0.25) is 0 Å². The third kappa shape index (κ3) is 8.00. The predicted molar refractivity (Wildman–Crippen MR) is 136 cm³/mol. The average molecular weight is 499 g/mol. The van der Waals surface area contributed by atoms with Crippen molar-refractivity contribution < 1.29 is 19.8 Å². The quantitative estimate of drug-likeness (QED) is 0.485. The van der Waals surface area contributed by atoms with Gasteiger partial charge in [0.1, 0.15) is 11.2 Å². The highest BCUT2D eigenvalue weighted by Crippen LogP contribution is 2.23. The zero-order chi connectivity index (χ0) is 24.9. The summed E-state index contributed by atoms with van der Waals surface area (Å²) in [5.74, 6) is 10.9. The van der Waals surface area contributed by atoms with E-state index in [0.29, 0.717) is 19.5 Å². The zero-order valence-corrected chi connectivity index (χ0v) is 21.5. The molecule has 0 unspecified atom stereocenters. The van der Waals surface area contributed by atoms with Crippen molar-refractivity contribution >= 4 is 34.5 Å². The molecule has 0 bridgehead atoms. The van der Waals surface area contributed by atoms with Crippen molar-refractivity contribution in [2.75, 3.05) is 0 Å². The molecule has 3 rings (SSSR count). The first-order valence-electron chi connectivity index (χ1n) is 11.2. The summed E-state index contributed by atoms with van der Waals surface area (Å²) in [6.07, 6.45) is 3.56. The van der Waals surface area contributed by atoms with E-state index in [1.165, 1.54) is 22.7 Å². The topological polar surface area (TPSA) is 98.7 Å². The number of carbonyl (C=O) groups excluding carboxylic acids is 2. The van der Waals surface area contributed by atoms with E-state index in [1.54, 1.807) is 52.0 Å². The molecule has 8 heteroatoms. The van der Waals surface area contributed by atoms with Gasteiger partial charge in [-0.25, -0.2) is 0 Å². The summed E-state index contributed by atoms with van der Waals surface area (Å²) in [6, 6.07) is 6.68. The molecule has 0 aliphatic heterocycles. The van der Waals surface area contributed by atoms with Crippen LogP contribution in [0.3, 0.4) is 0 Å². The molecular formula is C26H30N2O4S2. The third-order valence-corrected chi connectivity index (χ3v) is 7.04. The molecular weight excluding hydrogens is 468 g/mol. The van der Waals surface area contributed by atoms with Gasteiger partial charge in [-0.05, 0) is 64.8 Å². The van der Waals surface area contributed by atoms with Crippen LogP contribution in [-0.4, -0.2) is 45.3 Å². The lowest BCUT2D eigenvalue weighted by Crippen LogP contribution is -2.53. The smallest absolute Gasteiger partial charge is 0.261 e. The SMILES string of the molecule is CC(C)(O)C#Cc1ccc(C(=O)N[C@H]2CCCC[C@H]2NC(=O)c2ccc(C#CC(C)(C)O)s2)s1. The van der Waals surface area contributed by atoms with E-state index < -0.39 is 11.2 Å². The van der Waals surface area contributed by atoms with Crippen molar-refractivity contribution in [2.45, 2.75) is 76.7 Å². The minimum Gasteiger partial charge on any atom is -0.378 e. The van der Waals surface area contributed by atoms with Crippen LogP contribution in [0.5, 0.6) is 0 Å². The number of rotatable bonds is 4. The first-order chi connectivity index (χ1) is 15.9. The summed E-state index contributed by atoms with van der Waals surface area (Å²) in [5, 5.41) is 25.7. The monoisotopic (exact) mass is 498 g/mol. The molecule has 0 aromatic carbocycles. The van der Waals surface area contributed by atoms with Gasteiger partial charge < -0.3 is 20.8 Å². The summed E-state index contributed by atoms with van der Waals surface area (Å²) >= 11 is 2.56. The number of hydrogen-bond donors (Lipinski definition) is 4. The standard InChI is InChI=1S/C26H30N2O4S2/c1-25(2,31)15-13-17-9-11-21(33-17)23(29)27-19-7-5-6-8-20(19)28-24(30)22-12-10-18(34-22)14-16-26(3,4)32/h9-12,19-20,31-32H,5-8H2,1-4H3,(H,27,29)(H,28,30)/t19-,20+. The van der Waals surface area contributed by atoms with Gasteiger partial charge in [-0.2, -0.15) is 0 Å². The molecule has 2 aromatic heterocycles. The number of thiophene rings is 2. The van der Waals surface area contributed by atoms with Crippen molar-refractivity contribution in [2.24, 2.45) is 0 Å². The maximum absolute atomic E-state index is 12.8. The molecule has 0 spiro atoms. The lowest BCUT2D eigenvalue weighted by molar-refractivity contribution is 0.0867. The Bertz CT molecular complexity index is 1070. The molecule has 1 saturated carbocycles. The second-order valence-electron chi connectivity index (χ2n) is 9.39. The lowest BCUT2D eigenvalue weighted by Gasteiger charge is -2.32. The van der Waals surface area contributed by atoms with Crippen molar-refractivity contribution in [1.29, 1.82) is 0 Å². The van der Waals surface area contributed by atoms with Crippen LogP contribution in [0.2, 0.25) is 0 Å². The maximum atomic E-state index is 12.8. The molecule has 2 atom stereocenters. The zero-order valence-electron chi connectivity index (χ0n) is 19.8. The summed E-state index contributed by atoms with van der Waals surface area (Å²) in [5.41, 5.74) is -2.18. The highest BCUT2D eigenvalue weighted by Gasteiger charge is 2.29. The van der Waals surface area contributed by atoms with Gasteiger partial charge in [-0.15, -0.1) is 22.7 Å². The fraction of sp³-hybridized carbons (Fsp3) is 0.462. The molecule has 6 nitrogen and oxygen atoms in total. The Hall–Kier alpha value is -2.62. The van der Waals surface area contributed by atoms with Crippen LogP contribution in [-0.2, 0) is 0 Å². The number of amides is 2. The summed E-state index contributed by atoms with van der Waals surface area (Å²) < 4.78 is 0. The Morgan fingerprint density at radius 1 is 0.794 bits per heavy atom. The molecule has 34 heavy (non-hydrogen) atoms. The van der Waals surface area contributed by atoms with Gasteiger partial charge in [-0.1, -0.05) is 36.5 Å². The van der Waals surface area contributed by atoms with Crippen LogP contribution in [0.25, 0.3) is 0 Å². The van der Waals surface area contributed by atoms with E-state index in [0.717, 1.165) is 25.7 Å². The number of carbonyl (C=O) groups is 2. The van der Waals surface area contributed by atoms with Crippen molar-refractivity contribution in [3.05, 3.63) is 43.8 Å². The van der Waals surface area contributed by atoms with Gasteiger partial charge in [0.15, 0.2) is 0 Å². The molecule has 2 aromatic rings. The Labute approximate surface area is 208 Å². The predicted octanol–water partition coefficient (Wildman–Crippen LogP) is 3.53. The van der Waals surface area contributed by atoms with Crippen molar-refractivity contribution in [3.8, 4) is 23.7 Å². The minimum atomic E-state index is -1.09. The first kappa shape index (κ1) is 26.0. The van der Waals surface area contributed by atoms with E-state index >= 15 is 0 Å². The van der Waals surface area contributed by atoms with Crippen LogP contribution in [0.4, 0.5) is 0 Å². The average Bonchev–Trinajstić information content (AvgIpc) is 3.41. The molecule has 2 heterocycles. The normalized spacial score (nSPS) is 18.2. The van der Waals surface area contributed by atoms with Gasteiger partial charge in [0.25, 0.3) is 11.8 Å². The number of aliphatic hydroxyl groups is 2. The minimum absolute atomic E-state index is 0.160. The van der Waals surface area contributed by atoms with E-state index in [-0.39, 0.29) is 23.9 Å². The van der Waals surface area contributed by atoms with E-state index in [9.17, 15) is 19.8 Å². The highest BCUT2D eigenvalue weighted by molar-refractivity contribution is 7.14. The van der Waals surface area contributed by atoms with Gasteiger partial charge >= 0.3 is 0 Å². The fourth-order valence-electron chi connectivity index (χ4n) is 3.44. The van der Waals surface area contributed by atoms with Crippen LogP contribution in [0.15, 0.2) is 24.3 Å². The summed E-state index contributed by atoms with van der Waals surface area (Å²) in [4.78, 5) is 28.2. The van der Waals surface area contributed by atoms with Crippen molar-refractivity contribution in [1.82, 2.24) is 10.6 Å². The van der Waals surface area contributed by atoms with E-state index in [4.69, 9.17) is 0 Å². The van der Waals surface area contributed by atoms with Gasteiger partial charge in [-0.3, -0.25) is 9.59 Å². The largest absolute Gasteiger partial charge is 0.378 e. The molecule has 180 valence electrons. The van der Waals surface area contributed by atoms with Crippen LogP contribution < -0.4 is 10.6 Å². The fourth-order valence-corrected chi connectivity index (χ4v) is 4.96. The van der Waals surface area contributed by atoms with Crippen LogP contribution in [0.1, 0.15) is 82.5 Å². The van der Waals surface area contributed by atoms with E-state index in [2.05, 4.69) is 34.3 Å². The number of nitrogens with one attached hydrogen (secondary N) is 2. The van der Waals surface area contributed by atoms with Gasteiger partial charge in [0.05, 0.1) is 19.5 Å². The maximum Gasteiger partial charge on any atom is 0.261 e. The summed E-state index contributed by atoms with van der Waals surface area (Å²) in [6.45, 7) is 6.44. The molecule has 1 aliphatic carbocycles. The molecule has 2 amide bonds.